The van der Waals surface area contributed by atoms with Crippen LogP contribution >= 0.6 is 0 Å². The zero-order valence-electron chi connectivity index (χ0n) is 8.12. The summed E-state index contributed by atoms with van der Waals surface area (Å²) in [5.74, 6) is 1.97. The molecule has 78 valence electrons. The van der Waals surface area contributed by atoms with Crippen LogP contribution in [-0.2, 0) is 6.61 Å². The molecule has 6 heteroatoms. The van der Waals surface area contributed by atoms with E-state index < -0.39 is 0 Å². The molecular weight excluding hydrogens is 196 g/mol. The second-order valence-electron chi connectivity index (χ2n) is 2.76. The number of ether oxygens (including phenoxy) is 2. The molecule has 2 aromatic rings. The van der Waals surface area contributed by atoms with Gasteiger partial charge in [0.1, 0.15) is 18.1 Å². The van der Waals surface area contributed by atoms with Gasteiger partial charge in [-0.2, -0.15) is 5.21 Å². The Bertz CT molecular complexity index is 399. The average molecular weight is 205 g/mol. The molecule has 0 aliphatic carbocycles. The van der Waals surface area contributed by atoms with Crippen LogP contribution < -0.4 is 14.6 Å². The van der Waals surface area contributed by atoms with E-state index >= 15 is 0 Å². The van der Waals surface area contributed by atoms with Crippen LogP contribution in [0.3, 0.4) is 0 Å². The van der Waals surface area contributed by atoms with Crippen LogP contribution in [0.15, 0.2) is 24.3 Å². The Kier molecular flexibility index (Phi) is 2.77. The summed E-state index contributed by atoms with van der Waals surface area (Å²) in [7, 11) is 1.62. The maximum absolute atomic E-state index is 5.39. The van der Waals surface area contributed by atoms with Crippen LogP contribution in [-0.4, -0.2) is 22.6 Å². The van der Waals surface area contributed by atoms with Crippen molar-refractivity contribution < 1.29 is 9.47 Å². The van der Waals surface area contributed by atoms with Crippen molar-refractivity contribution in [3.8, 4) is 11.5 Å². The van der Waals surface area contributed by atoms with Gasteiger partial charge in [0.2, 0.25) is 0 Å². The fraction of sp³-hybridized carbons (Fsp3) is 0.222. The van der Waals surface area contributed by atoms with Gasteiger partial charge in [0, 0.05) is 5.82 Å². The highest BCUT2D eigenvalue weighted by Crippen LogP contribution is 2.17. The number of hydrogen-bond donors (Lipinski definition) is 0. The van der Waals surface area contributed by atoms with Crippen molar-refractivity contribution in [2.45, 2.75) is 6.61 Å². The minimum atomic E-state index is 0.263. The largest absolute Gasteiger partial charge is 0.497 e. The lowest BCUT2D eigenvalue weighted by Gasteiger charge is -2.06. The predicted octanol–water partition coefficient (Wildman–Crippen LogP) is 0.416. The molecule has 1 aromatic carbocycles. The summed E-state index contributed by atoms with van der Waals surface area (Å²) < 4.78 is 10.4. The predicted molar refractivity (Wildman–Crippen MR) is 50.5 cm³/mol. The van der Waals surface area contributed by atoms with E-state index in [1.807, 2.05) is 24.3 Å². The topological polar surface area (TPSA) is 71.2 Å². The van der Waals surface area contributed by atoms with Gasteiger partial charge in [0.15, 0.2) is 0 Å². The van der Waals surface area contributed by atoms with E-state index in [0.717, 1.165) is 11.5 Å². The van der Waals surface area contributed by atoms with E-state index in [1.54, 1.807) is 7.11 Å². The van der Waals surface area contributed by atoms with Crippen molar-refractivity contribution in [1.29, 1.82) is 0 Å². The molecule has 0 saturated heterocycles. The van der Waals surface area contributed by atoms with Crippen LogP contribution in [0, 0.1) is 0 Å². The number of tetrazole rings is 1. The SMILES string of the molecule is COc1ccc(OCc2nnn[n-]2)cc1. The minimum Gasteiger partial charge on any atom is -0.497 e. The molecule has 0 aliphatic heterocycles. The van der Waals surface area contributed by atoms with Crippen molar-refractivity contribution in [1.82, 2.24) is 20.6 Å². The lowest BCUT2D eigenvalue weighted by molar-refractivity contribution is 0.294. The quantitative estimate of drug-likeness (QED) is 0.720. The molecular formula is C9H9N4O2-. The van der Waals surface area contributed by atoms with Crippen molar-refractivity contribution in [2.75, 3.05) is 7.11 Å². The maximum Gasteiger partial charge on any atom is 0.120 e. The monoisotopic (exact) mass is 205 g/mol. The number of nitrogens with zero attached hydrogens (tertiary/aromatic N) is 4. The molecule has 0 unspecified atom stereocenters. The van der Waals surface area contributed by atoms with Gasteiger partial charge in [-0.15, -0.1) is 0 Å². The third kappa shape index (κ3) is 2.43. The average Bonchev–Trinajstić information content (AvgIpc) is 2.80. The number of aromatic nitrogens is 4. The van der Waals surface area contributed by atoms with Gasteiger partial charge in [-0.3, -0.25) is 10.3 Å². The summed E-state index contributed by atoms with van der Waals surface area (Å²) in [6.07, 6.45) is 0. The summed E-state index contributed by atoms with van der Waals surface area (Å²) in [6, 6.07) is 7.25. The summed E-state index contributed by atoms with van der Waals surface area (Å²) in [6.45, 7) is 0.263. The molecule has 2 rings (SSSR count). The van der Waals surface area contributed by atoms with Crippen molar-refractivity contribution >= 4 is 0 Å². The van der Waals surface area contributed by atoms with Gasteiger partial charge in [0.05, 0.1) is 7.11 Å². The fourth-order valence-corrected chi connectivity index (χ4v) is 1.04. The van der Waals surface area contributed by atoms with E-state index in [9.17, 15) is 0 Å². The smallest absolute Gasteiger partial charge is 0.120 e. The first-order chi connectivity index (χ1) is 7.38. The van der Waals surface area contributed by atoms with Gasteiger partial charge in [-0.05, 0) is 24.3 Å². The summed E-state index contributed by atoms with van der Waals surface area (Å²) in [5.41, 5.74) is 0. The number of hydrogen-bond acceptors (Lipinski definition) is 5. The second kappa shape index (κ2) is 4.41. The Hall–Kier alpha value is -2.11. The lowest BCUT2D eigenvalue weighted by Crippen LogP contribution is -1.98. The highest BCUT2D eigenvalue weighted by atomic mass is 16.5. The molecule has 0 radical (unpaired) electrons. The van der Waals surface area contributed by atoms with Crippen LogP contribution in [0.5, 0.6) is 11.5 Å². The van der Waals surface area contributed by atoms with Gasteiger partial charge >= 0.3 is 0 Å². The van der Waals surface area contributed by atoms with Crippen LogP contribution in [0.1, 0.15) is 5.82 Å². The molecule has 0 spiro atoms. The van der Waals surface area contributed by atoms with Crippen molar-refractivity contribution in [3.63, 3.8) is 0 Å². The van der Waals surface area contributed by atoms with Crippen molar-refractivity contribution in [2.24, 2.45) is 0 Å². The molecule has 0 aliphatic rings. The van der Waals surface area contributed by atoms with E-state index in [1.165, 1.54) is 0 Å². The highest BCUT2D eigenvalue weighted by molar-refractivity contribution is 5.31. The van der Waals surface area contributed by atoms with E-state index in [0.29, 0.717) is 5.82 Å². The first kappa shape index (κ1) is 9.45. The maximum atomic E-state index is 5.39. The number of methoxy groups -OCH3 is 1. The number of benzene rings is 1. The molecule has 0 N–H and O–H groups in total. The normalized spacial score (nSPS) is 9.93. The second-order valence-corrected chi connectivity index (χ2v) is 2.76. The summed E-state index contributed by atoms with van der Waals surface area (Å²) in [5, 5.41) is 14.0. The minimum absolute atomic E-state index is 0.263. The molecule has 1 heterocycles. The molecule has 1 aromatic heterocycles. The summed E-state index contributed by atoms with van der Waals surface area (Å²) >= 11 is 0. The number of rotatable bonds is 4. The van der Waals surface area contributed by atoms with E-state index in [2.05, 4.69) is 20.6 Å². The molecule has 0 fully saturated rings. The molecule has 0 amide bonds. The van der Waals surface area contributed by atoms with Crippen LogP contribution in [0.2, 0.25) is 0 Å². The van der Waals surface area contributed by atoms with Gasteiger partial charge in [-0.25, -0.2) is 0 Å². The Labute approximate surface area is 86.2 Å². The Morgan fingerprint density at radius 3 is 2.53 bits per heavy atom. The van der Waals surface area contributed by atoms with E-state index in [4.69, 9.17) is 9.47 Å². The first-order valence-corrected chi connectivity index (χ1v) is 4.33. The third-order valence-corrected chi connectivity index (χ3v) is 1.79. The third-order valence-electron chi connectivity index (χ3n) is 1.79. The van der Waals surface area contributed by atoms with Gasteiger partial charge in [-0.1, -0.05) is 0 Å². The first-order valence-electron chi connectivity index (χ1n) is 4.33. The zero-order valence-corrected chi connectivity index (χ0v) is 8.12. The molecule has 0 bridgehead atoms. The Balaban J connectivity index is 1.93. The van der Waals surface area contributed by atoms with Gasteiger partial charge < -0.3 is 14.6 Å². The molecule has 15 heavy (non-hydrogen) atoms. The van der Waals surface area contributed by atoms with Crippen LogP contribution in [0.4, 0.5) is 0 Å². The summed E-state index contributed by atoms with van der Waals surface area (Å²) in [4.78, 5) is 0. The Morgan fingerprint density at radius 1 is 1.20 bits per heavy atom. The van der Waals surface area contributed by atoms with Gasteiger partial charge in [0.25, 0.3) is 0 Å². The highest BCUT2D eigenvalue weighted by Gasteiger charge is 1.95. The van der Waals surface area contributed by atoms with E-state index in [-0.39, 0.29) is 6.61 Å². The molecule has 0 atom stereocenters. The Morgan fingerprint density at radius 2 is 1.93 bits per heavy atom. The molecule has 0 saturated carbocycles. The molecule has 6 nitrogen and oxygen atoms in total. The standard InChI is InChI=1S/C9H9N4O2/c1-14-7-2-4-8(5-3-7)15-6-9-10-12-13-11-9/h2-5H,6H2,1H3/q-1. The fourth-order valence-electron chi connectivity index (χ4n) is 1.04. The van der Waals surface area contributed by atoms with Crippen LogP contribution in [0.25, 0.3) is 0 Å². The lowest BCUT2D eigenvalue weighted by atomic mass is 10.3. The van der Waals surface area contributed by atoms with Crippen molar-refractivity contribution in [3.05, 3.63) is 30.1 Å². The zero-order chi connectivity index (χ0) is 10.5.